The smallest absolute Gasteiger partial charge is 0.338 e. The van der Waals surface area contributed by atoms with Gasteiger partial charge in [-0.2, -0.15) is 0 Å². The number of ether oxygens (including phenoxy) is 2. The van der Waals surface area contributed by atoms with E-state index in [1.54, 1.807) is 12.1 Å². The Hall–Kier alpha value is -1.26. The number of nitrogens with two attached hydrogens (primary N) is 1. The minimum Gasteiger partial charge on any atom is -0.462 e. The first-order chi connectivity index (χ1) is 8.66. The Morgan fingerprint density at radius 2 is 2.17 bits per heavy atom. The number of rotatable bonds is 3. The van der Waals surface area contributed by atoms with Crippen molar-refractivity contribution in [1.29, 1.82) is 0 Å². The summed E-state index contributed by atoms with van der Waals surface area (Å²) in [6.07, 6.45) is 1.88. The summed E-state index contributed by atoms with van der Waals surface area (Å²) >= 11 is 5.79. The lowest BCUT2D eigenvalue weighted by Crippen LogP contribution is -2.21. The van der Waals surface area contributed by atoms with E-state index in [-0.39, 0.29) is 5.97 Å². The molecule has 1 fully saturated rings. The van der Waals surface area contributed by atoms with Crippen molar-refractivity contribution in [3.8, 4) is 0 Å². The van der Waals surface area contributed by atoms with Crippen molar-refractivity contribution in [2.75, 3.05) is 25.6 Å². The summed E-state index contributed by atoms with van der Waals surface area (Å²) in [5.41, 5.74) is 6.46. The van der Waals surface area contributed by atoms with Crippen molar-refractivity contribution >= 4 is 23.3 Å². The van der Waals surface area contributed by atoms with E-state index in [0.717, 1.165) is 26.1 Å². The van der Waals surface area contributed by atoms with Gasteiger partial charge in [0.05, 0.1) is 22.9 Å². The molecule has 18 heavy (non-hydrogen) atoms. The van der Waals surface area contributed by atoms with Crippen LogP contribution in [0.3, 0.4) is 0 Å². The van der Waals surface area contributed by atoms with Gasteiger partial charge in [-0.05, 0) is 37.0 Å². The number of halogens is 1. The van der Waals surface area contributed by atoms with E-state index in [1.807, 2.05) is 0 Å². The number of esters is 1. The molecular formula is C13H16ClNO3. The average Bonchev–Trinajstić information content (AvgIpc) is 2.40. The molecule has 1 aromatic rings. The molecule has 98 valence electrons. The van der Waals surface area contributed by atoms with Gasteiger partial charge in [-0.3, -0.25) is 0 Å². The van der Waals surface area contributed by atoms with E-state index < -0.39 is 0 Å². The lowest BCUT2D eigenvalue weighted by molar-refractivity contribution is 0.0185. The van der Waals surface area contributed by atoms with E-state index in [9.17, 15) is 4.79 Å². The zero-order chi connectivity index (χ0) is 13.0. The quantitative estimate of drug-likeness (QED) is 0.676. The summed E-state index contributed by atoms with van der Waals surface area (Å²) in [7, 11) is 0. The molecule has 0 aromatic heterocycles. The van der Waals surface area contributed by atoms with Crippen molar-refractivity contribution < 1.29 is 14.3 Å². The molecule has 0 radical (unpaired) electrons. The number of hydrogen-bond acceptors (Lipinski definition) is 4. The molecule has 2 rings (SSSR count). The maximum Gasteiger partial charge on any atom is 0.338 e. The number of carbonyl (C=O) groups is 1. The minimum atomic E-state index is -0.357. The van der Waals surface area contributed by atoms with Gasteiger partial charge >= 0.3 is 5.97 Å². The van der Waals surface area contributed by atoms with Gasteiger partial charge < -0.3 is 15.2 Å². The zero-order valence-electron chi connectivity index (χ0n) is 10.0. The number of nitrogen functional groups attached to an aromatic ring is 1. The number of carbonyl (C=O) groups excluding carboxylic acids is 1. The lowest BCUT2D eigenvalue weighted by Gasteiger charge is -2.21. The highest BCUT2D eigenvalue weighted by atomic mass is 35.5. The number of hydrogen-bond donors (Lipinski definition) is 1. The molecule has 0 spiro atoms. The predicted molar refractivity (Wildman–Crippen MR) is 69.7 cm³/mol. The predicted octanol–water partition coefficient (Wildman–Crippen LogP) is 2.51. The summed E-state index contributed by atoms with van der Waals surface area (Å²) in [4.78, 5) is 11.8. The van der Waals surface area contributed by atoms with Gasteiger partial charge in [0, 0.05) is 13.2 Å². The standard InChI is InChI=1S/C13H16ClNO3/c14-11-2-1-10(7-12(11)15)13(16)18-8-9-3-5-17-6-4-9/h1-2,7,9H,3-6,8,15H2. The topological polar surface area (TPSA) is 61.6 Å². The summed E-state index contributed by atoms with van der Waals surface area (Å²) in [6, 6.07) is 4.75. The molecule has 0 saturated carbocycles. The molecule has 0 aliphatic carbocycles. The third-order valence-electron chi connectivity index (χ3n) is 3.02. The maximum atomic E-state index is 11.8. The zero-order valence-corrected chi connectivity index (χ0v) is 10.8. The normalized spacial score (nSPS) is 16.5. The van der Waals surface area contributed by atoms with Crippen molar-refractivity contribution in [2.24, 2.45) is 5.92 Å². The van der Waals surface area contributed by atoms with Crippen LogP contribution in [0.4, 0.5) is 5.69 Å². The summed E-state index contributed by atoms with van der Waals surface area (Å²) < 4.78 is 10.5. The molecule has 0 atom stereocenters. The van der Waals surface area contributed by atoms with Crippen molar-refractivity contribution in [3.05, 3.63) is 28.8 Å². The Labute approximate surface area is 111 Å². The average molecular weight is 270 g/mol. The fourth-order valence-electron chi connectivity index (χ4n) is 1.86. The van der Waals surface area contributed by atoms with Crippen LogP contribution >= 0.6 is 11.6 Å². The first kappa shape index (κ1) is 13.2. The van der Waals surface area contributed by atoms with E-state index >= 15 is 0 Å². The Morgan fingerprint density at radius 3 is 2.83 bits per heavy atom. The molecule has 0 amide bonds. The molecule has 2 N–H and O–H groups in total. The molecule has 4 nitrogen and oxygen atoms in total. The van der Waals surface area contributed by atoms with Gasteiger partial charge in [-0.1, -0.05) is 11.6 Å². The summed E-state index contributed by atoms with van der Waals surface area (Å²) in [5, 5.41) is 0.441. The highest BCUT2D eigenvalue weighted by Crippen LogP contribution is 2.21. The highest BCUT2D eigenvalue weighted by molar-refractivity contribution is 6.33. The van der Waals surface area contributed by atoms with Crippen LogP contribution in [0.1, 0.15) is 23.2 Å². The summed E-state index contributed by atoms with van der Waals surface area (Å²) in [6.45, 7) is 1.93. The van der Waals surface area contributed by atoms with Gasteiger partial charge in [-0.25, -0.2) is 4.79 Å². The molecule has 5 heteroatoms. The third-order valence-corrected chi connectivity index (χ3v) is 3.37. The lowest BCUT2D eigenvalue weighted by atomic mass is 10.0. The minimum absolute atomic E-state index is 0.357. The van der Waals surface area contributed by atoms with E-state index in [2.05, 4.69) is 0 Å². The maximum absolute atomic E-state index is 11.8. The molecule has 0 bridgehead atoms. The fraction of sp³-hybridized carbons (Fsp3) is 0.462. The molecule has 1 aliphatic heterocycles. The van der Waals surface area contributed by atoms with Crippen molar-refractivity contribution in [2.45, 2.75) is 12.8 Å². The van der Waals surface area contributed by atoms with Gasteiger partial charge in [-0.15, -0.1) is 0 Å². The van der Waals surface area contributed by atoms with E-state index in [1.165, 1.54) is 6.07 Å². The van der Waals surface area contributed by atoms with Gasteiger partial charge in [0.2, 0.25) is 0 Å². The molecule has 1 heterocycles. The summed E-state index contributed by atoms with van der Waals surface area (Å²) in [5.74, 6) is 0.0391. The monoisotopic (exact) mass is 269 g/mol. The second-order valence-corrected chi connectivity index (χ2v) is 4.80. The van der Waals surface area contributed by atoms with Crippen LogP contribution in [0, 0.1) is 5.92 Å². The molecule has 0 unspecified atom stereocenters. The van der Waals surface area contributed by atoms with Gasteiger partial charge in [0.15, 0.2) is 0 Å². The fourth-order valence-corrected chi connectivity index (χ4v) is 1.98. The molecular weight excluding hydrogens is 254 g/mol. The Balaban J connectivity index is 1.88. The van der Waals surface area contributed by atoms with Gasteiger partial charge in [0.25, 0.3) is 0 Å². The number of anilines is 1. The van der Waals surface area contributed by atoms with Crippen LogP contribution in [0.15, 0.2) is 18.2 Å². The Bertz CT molecular complexity index is 430. The van der Waals surface area contributed by atoms with Crippen molar-refractivity contribution in [1.82, 2.24) is 0 Å². The van der Waals surface area contributed by atoms with Crippen LogP contribution in [0.5, 0.6) is 0 Å². The Morgan fingerprint density at radius 1 is 1.44 bits per heavy atom. The van der Waals surface area contributed by atoms with Crippen molar-refractivity contribution in [3.63, 3.8) is 0 Å². The SMILES string of the molecule is Nc1cc(C(=O)OCC2CCOCC2)ccc1Cl. The molecule has 1 saturated heterocycles. The molecule has 1 aliphatic rings. The van der Waals surface area contributed by atoms with Crippen LogP contribution < -0.4 is 5.73 Å². The first-order valence-corrected chi connectivity index (χ1v) is 6.34. The van der Waals surface area contributed by atoms with E-state index in [4.69, 9.17) is 26.8 Å². The van der Waals surface area contributed by atoms with Gasteiger partial charge in [0.1, 0.15) is 0 Å². The van der Waals surface area contributed by atoms with Crippen LogP contribution in [0.2, 0.25) is 5.02 Å². The van der Waals surface area contributed by atoms with Crippen LogP contribution in [-0.2, 0) is 9.47 Å². The highest BCUT2D eigenvalue weighted by Gasteiger charge is 2.17. The second-order valence-electron chi connectivity index (χ2n) is 4.39. The number of benzene rings is 1. The van der Waals surface area contributed by atoms with Crippen LogP contribution in [0.25, 0.3) is 0 Å². The Kier molecular flexibility index (Phi) is 4.44. The molecule has 1 aromatic carbocycles. The third kappa shape index (κ3) is 3.37. The van der Waals surface area contributed by atoms with Crippen LogP contribution in [-0.4, -0.2) is 25.8 Å². The van der Waals surface area contributed by atoms with E-state index in [0.29, 0.717) is 28.8 Å². The largest absolute Gasteiger partial charge is 0.462 e. The second kappa shape index (κ2) is 6.07. The first-order valence-electron chi connectivity index (χ1n) is 5.96.